The summed E-state index contributed by atoms with van der Waals surface area (Å²) in [5.41, 5.74) is -2.02. The summed E-state index contributed by atoms with van der Waals surface area (Å²) in [7, 11) is 0. The molecule has 1 unspecified atom stereocenters. The van der Waals surface area contributed by atoms with Crippen molar-refractivity contribution in [2.75, 3.05) is 0 Å². The summed E-state index contributed by atoms with van der Waals surface area (Å²) in [5, 5.41) is 10.5. The van der Waals surface area contributed by atoms with Crippen LogP contribution in [0.1, 0.15) is 46.0 Å². The number of ketones is 2. The maximum absolute atomic E-state index is 12.1. The van der Waals surface area contributed by atoms with E-state index in [2.05, 4.69) is 0 Å². The van der Waals surface area contributed by atoms with Crippen molar-refractivity contribution < 1.29 is 14.7 Å². The molecule has 0 heterocycles. The highest BCUT2D eigenvalue weighted by Crippen LogP contribution is 2.55. The van der Waals surface area contributed by atoms with Crippen LogP contribution in [0.25, 0.3) is 0 Å². The number of fused-ring (bicyclic) bond motifs is 1. The summed E-state index contributed by atoms with van der Waals surface area (Å²) < 4.78 is 0. The lowest BCUT2D eigenvalue weighted by atomic mass is 9.52. The Balaban J connectivity index is 2.47. The van der Waals surface area contributed by atoms with Crippen LogP contribution in [-0.2, 0) is 9.59 Å². The lowest BCUT2D eigenvalue weighted by Crippen LogP contribution is -2.64. The zero-order valence-corrected chi connectivity index (χ0v) is 11.1. The van der Waals surface area contributed by atoms with Crippen LogP contribution in [-0.4, -0.2) is 27.7 Å². The molecule has 2 aliphatic rings. The lowest BCUT2D eigenvalue weighted by Gasteiger charge is -2.55. The predicted octanol–water partition coefficient (Wildman–Crippen LogP) is 2.08. The Hall–Kier alpha value is -0.410. The molecule has 4 heteroatoms. The molecular weight excluding hydrogens is 240 g/mol. The molecule has 0 saturated heterocycles. The fraction of sp³-hybridized carbons (Fsp3) is 0.846. The van der Waals surface area contributed by atoms with E-state index in [1.165, 1.54) is 6.92 Å². The van der Waals surface area contributed by atoms with E-state index in [9.17, 15) is 14.7 Å². The van der Waals surface area contributed by atoms with Gasteiger partial charge in [0.05, 0.1) is 16.9 Å². The van der Waals surface area contributed by atoms with Crippen LogP contribution in [0.15, 0.2) is 0 Å². The Kier molecular flexibility index (Phi) is 3.11. The molecule has 17 heavy (non-hydrogen) atoms. The third-order valence-corrected chi connectivity index (χ3v) is 5.24. The first-order valence-corrected chi connectivity index (χ1v) is 6.67. The molecule has 2 aliphatic carbocycles. The van der Waals surface area contributed by atoms with Crippen LogP contribution in [0.4, 0.5) is 0 Å². The van der Waals surface area contributed by atoms with E-state index in [0.29, 0.717) is 32.1 Å². The third-order valence-electron chi connectivity index (χ3n) is 4.77. The monoisotopic (exact) mass is 258 g/mol. The normalized spacial score (nSPS) is 46.5. The van der Waals surface area contributed by atoms with E-state index in [1.54, 1.807) is 6.92 Å². The van der Waals surface area contributed by atoms with E-state index in [4.69, 9.17) is 11.6 Å². The van der Waals surface area contributed by atoms with Crippen molar-refractivity contribution in [2.45, 2.75) is 56.9 Å². The van der Waals surface area contributed by atoms with Crippen LogP contribution < -0.4 is 0 Å². The highest BCUT2D eigenvalue weighted by atomic mass is 35.5. The number of hydrogen-bond donors (Lipinski definition) is 1. The molecule has 2 saturated carbocycles. The summed E-state index contributed by atoms with van der Waals surface area (Å²) in [4.78, 5) is 23.9. The minimum Gasteiger partial charge on any atom is -0.388 e. The number of rotatable bonds is 1. The average molecular weight is 259 g/mol. The molecule has 0 aliphatic heterocycles. The number of alkyl halides is 1. The van der Waals surface area contributed by atoms with Gasteiger partial charge in [-0.15, -0.1) is 11.6 Å². The van der Waals surface area contributed by atoms with E-state index in [1.807, 2.05) is 0 Å². The molecule has 0 aromatic rings. The van der Waals surface area contributed by atoms with Gasteiger partial charge in [0.25, 0.3) is 0 Å². The van der Waals surface area contributed by atoms with Crippen molar-refractivity contribution in [3.8, 4) is 0 Å². The Morgan fingerprint density at radius 1 is 1.47 bits per heavy atom. The number of aliphatic hydroxyl groups is 1. The van der Waals surface area contributed by atoms with Gasteiger partial charge in [0.2, 0.25) is 0 Å². The van der Waals surface area contributed by atoms with Crippen molar-refractivity contribution in [2.24, 2.45) is 11.3 Å². The Morgan fingerprint density at radius 3 is 2.71 bits per heavy atom. The minimum atomic E-state index is -1.24. The Bertz CT molecular complexity index is 368. The number of carbonyl (C=O) groups excluding carboxylic acids is 2. The first kappa shape index (κ1) is 13.0. The summed E-state index contributed by atoms with van der Waals surface area (Å²) in [6.07, 6.45) is 2.87. The van der Waals surface area contributed by atoms with Gasteiger partial charge in [-0.25, -0.2) is 0 Å². The SMILES string of the molecule is CC(=O)[C@H]1[C@H](Cl)CCC2(C)C(=O)CCC[C@]12O. The molecule has 2 fully saturated rings. The highest BCUT2D eigenvalue weighted by Gasteiger charge is 2.62. The van der Waals surface area contributed by atoms with Gasteiger partial charge in [-0.1, -0.05) is 0 Å². The maximum Gasteiger partial charge on any atom is 0.141 e. The lowest BCUT2D eigenvalue weighted by molar-refractivity contribution is -0.181. The van der Waals surface area contributed by atoms with E-state index in [0.717, 1.165) is 0 Å². The molecule has 0 radical (unpaired) electrons. The Morgan fingerprint density at radius 2 is 2.12 bits per heavy atom. The highest BCUT2D eigenvalue weighted by molar-refractivity contribution is 6.22. The van der Waals surface area contributed by atoms with Gasteiger partial charge >= 0.3 is 0 Å². The first-order valence-electron chi connectivity index (χ1n) is 6.23. The smallest absolute Gasteiger partial charge is 0.141 e. The molecule has 0 bridgehead atoms. The zero-order valence-electron chi connectivity index (χ0n) is 10.3. The second-order valence-corrected chi connectivity index (χ2v) is 6.24. The summed E-state index contributed by atoms with van der Waals surface area (Å²) in [6.45, 7) is 3.26. The van der Waals surface area contributed by atoms with Gasteiger partial charge in [-0.3, -0.25) is 9.59 Å². The third kappa shape index (κ3) is 1.66. The van der Waals surface area contributed by atoms with Crippen LogP contribution in [0.2, 0.25) is 0 Å². The summed E-state index contributed by atoms with van der Waals surface area (Å²) in [5.74, 6) is -0.624. The van der Waals surface area contributed by atoms with Gasteiger partial charge in [-0.05, 0) is 39.5 Å². The van der Waals surface area contributed by atoms with E-state index < -0.39 is 16.9 Å². The average Bonchev–Trinajstić information content (AvgIpc) is 2.22. The van der Waals surface area contributed by atoms with Crippen LogP contribution >= 0.6 is 11.6 Å². The van der Waals surface area contributed by atoms with Gasteiger partial charge < -0.3 is 5.11 Å². The fourth-order valence-electron chi connectivity index (χ4n) is 3.65. The van der Waals surface area contributed by atoms with Crippen LogP contribution in [0, 0.1) is 11.3 Å². The topological polar surface area (TPSA) is 54.4 Å². The summed E-state index contributed by atoms with van der Waals surface area (Å²) in [6, 6.07) is 0. The van der Waals surface area contributed by atoms with Crippen molar-refractivity contribution >= 4 is 23.2 Å². The number of halogens is 1. The summed E-state index contributed by atoms with van der Waals surface area (Å²) >= 11 is 6.20. The van der Waals surface area contributed by atoms with E-state index in [-0.39, 0.29) is 16.9 Å². The van der Waals surface area contributed by atoms with Gasteiger partial charge in [0.1, 0.15) is 11.6 Å². The maximum atomic E-state index is 12.1. The zero-order chi connectivity index (χ0) is 12.8. The van der Waals surface area contributed by atoms with E-state index >= 15 is 0 Å². The largest absolute Gasteiger partial charge is 0.388 e. The quantitative estimate of drug-likeness (QED) is 0.733. The first-order chi connectivity index (χ1) is 7.83. The second-order valence-electron chi connectivity index (χ2n) is 5.68. The molecule has 0 aromatic carbocycles. The molecule has 96 valence electrons. The van der Waals surface area contributed by atoms with Crippen molar-refractivity contribution in [1.82, 2.24) is 0 Å². The molecular formula is C13H19ClO3. The van der Waals surface area contributed by atoms with Crippen molar-refractivity contribution in [1.29, 1.82) is 0 Å². The van der Waals surface area contributed by atoms with Gasteiger partial charge in [0, 0.05) is 11.8 Å². The van der Waals surface area contributed by atoms with Crippen LogP contribution in [0.5, 0.6) is 0 Å². The number of Topliss-reactive ketones (excluding diaryl/α,β-unsaturated/α-hetero) is 2. The molecule has 1 N–H and O–H groups in total. The molecule has 2 rings (SSSR count). The Labute approximate surface area is 107 Å². The second kappa shape index (κ2) is 4.06. The van der Waals surface area contributed by atoms with Crippen LogP contribution in [0.3, 0.4) is 0 Å². The number of hydrogen-bond acceptors (Lipinski definition) is 3. The molecule has 0 spiro atoms. The number of carbonyl (C=O) groups is 2. The molecule has 4 atom stereocenters. The van der Waals surface area contributed by atoms with Crippen molar-refractivity contribution in [3.63, 3.8) is 0 Å². The molecule has 0 amide bonds. The van der Waals surface area contributed by atoms with Gasteiger partial charge in [0.15, 0.2) is 0 Å². The van der Waals surface area contributed by atoms with Crippen molar-refractivity contribution in [3.05, 3.63) is 0 Å². The minimum absolute atomic E-state index is 0.0843. The molecule has 3 nitrogen and oxygen atoms in total. The standard InChI is InChI=1S/C13H19ClO3/c1-8(15)11-9(14)5-7-12(2)10(16)4-3-6-13(11,12)17/h9,11,17H,3-7H2,1-2H3/t9-,11+,12?,13+/m1/s1. The fourth-order valence-corrected chi connectivity index (χ4v) is 4.14. The molecule has 0 aromatic heterocycles. The predicted molar refractivity (Wildman–Crippen MR) is 65.0 cm³/mol. The van der Waals surface area contributed by atoms with Gasteiger partial charge in [-0.2, -0.15) is 0 Å².